The van der Waals surface area contributed by atoms with Crippen molar-refractivity contribution in [3.05, 3.63) is 36.4 Å². The second-order valence-corrected chi connectivity index (χ2v) is 5.91. The fourth-order valence-electron chi connectivity index (χ4n) is 2.64. The minimum atomic E-state index is -0.101. The first-order valence-electron chi connectivity index (χ1n) is 8.23. The lowest BCUT2D eigenvalue weighted by Crippen LogP contribution is -2.31. The number of hydrogen-bond acceptors (Lipinski definition) is 6. The Hall–Kier alpha value is -3.09. The number of para-hydroxylation sites is 1. The molecule has 1 aliphatic rings. The molecule has 0 saturated heterocycles. The minimum absolute atomic E-state index is 0.101. The van der Waals surface area contributed by atoms with E-state index in [2.05, 4.69) is 37.6 Å². The Morgan fingerprint density at radius 1 is 1.36 bits per heavy atom. The van der Waals surface area contributed by atoms with E-state index in [0.29, 0.717) is 36.8 Å². The van der Waals surface area contributed by atoms with Gasteiger partial charge in [0.2, 0.25) is 5.91 Å². The van der Waals surface area contributed by atoms with Crippen molar-refractivity contribution in [1.82, 2.24) is 4.98 Å². The van der Waals surface area contributed by atoms with E-state index in [-0.39, 0.29) is 5.91 Å². The number of anilines is 4. The predicted molar refractivity (Wildman–Crippen MR) is 103 cm³/mol. The van der Waals surface area contributed by atoms with Gasteiger partial charge in [0.1, 0.15) is 11.5 Å². The maximum Gasteiger partial charge on any atom is 0.225 e. The standard InChI is InChI=1S/C18H22N6O/c1-3-16(25)22-15-9-14-17(18(19)23-15)21-12(10-20-14)11-24(2)13-7-5-4-6-8-13/h4-9,20H,3,10-11H2,1-2H3,(H3,19,22,23,25). The second-order valence-electron chi connectivity index (χ2n) is 5.91. The molecule has 0 fully saturated rings. The predicted octanol–water partition coefficient (Wildman–Crippen LogP) is 2.65. The normalized spacial score (nSPS) is 12.6. The van der Waals surface area contributed by atoms with Crippen molar-refractivity contribution in [2.24, 2.45) is 4.99 Å². The van der Waals surface area contributed by atoms with Gasteiger partial charge in [-0.2, -0.15) is 0 Å². The van der Waals surface area contributed by atoms with Crippen LogP contribution >= 0.6 is 0 Å². The number of amides is 1. The van der Waals surface area contributed by atoms with E-state index < -0.39 is 0 Å². The highest BCUT2D eigenvalue weighted by Gasteiger charge is 2.18. The Morgan fingerprint density at radius 3 is 2.84 bits per heavy atom. The Labute approximate surface area is 147 Å². The van der Waals surface area contributed by atoms with Crippen molar-refractivity contribution in [3.8, 4) is 0 Å². The highest BCUT2D eigenvalue weighted by atomic mass is 16.1. The molecule has 3 rings (SSSR count). The summed E-state index contributed by atoms with van der Waals surface area (Å²) < 4.78 is 0. The van der Waals surface area contributed by atoms with Gasteiger partial charge in [0.25, 0.3) is 0 Å². The summed E-state index contributed by atoms with van der Waals surface area (Å²) in [6.07, 6.45) is 0.389. The van der Waals surface area contributed by atoms with Crippen LogP contribution in [-0.4, -0.2) is 36.7 Å². The summed E-state index contributed by atoms with van der Waals surface area (Å²) >= 11 is 0. The number of pyridine rings is 1. The van der Waals surface area contributed by atoms with E-state index in [1.807, 2.05) is 25.2 Å². The third kappa shape index (κ3) is 3.88. The molecule has 0 radical (unpaired) electrons. The van der Waals surface area contributed by atoms with E-state index in [1.54, 1.807) is 13.0 Å². The first-order chi connectivity index (χ1) is 12.1. The van der Waals surface area contributed by atoms with Gasteiger partial charge in [-0.3, -0.25) is 4.79 Å². The molecule has 0 atom stereocenters. The Balaban J connectivity index is 1.79. The van der Waals surface area contributed by atoms with Crippen LogP contribution in [0.15, 0.2) is 41.4 Å². The third-order valence-corrected chi connectivity index (χ3v) is 3.98. The largest absolute Gasteiger partial charge is 0.382 e. The summed E-state index contributed by atoms with van der Waals surface area (Å²) in [5, 5.41) is 6.03. The quantitative estimate of drug-likeness (QED) is 0.779. The average Bonchev–Trinajstić information content (AvgIpc) is 2.63. The van der Waals surface area contributed by atoms with Gasteiger partial charge in [-0.15, -0.1) is 0 Å². The smallest absolute Gasteiger partial charge is 0.225 e. The Kier molecular flexibility index (Phi) is 4.83. The highest BCUT2D eigenvalue weighted by molar-refractivity contribution is 6.01. The van der Waals surface area contributed by atoms with Crippen LogP contribution < -0.4 is 21.3 Å². The summed E-state index contributed by atoms with van der Waals surface area (Å²) in [5.74, 6) is 0.642. The molecule has 4 N–H and O–H groups in total. The summed E-state index contributed by atoms with van der Waals surface area (Å²) in [6.45, 7) is 3.09. The summed E-state index contributed by atoms with van der Waals surface area (Å²) in [7, 11) is 2.03. The molecule has 0 aliphatic carbocycles. The van der Waals surface area contributed by atoms with E-state index in [9.17, 15) is 4.79 Å². The molecule has 1 aliphatic heterocycles. The number of hydrogen-bond donors (Lipinski definition) is 3. The number of rotatable bonds is 5. The summed E-state index contributed by atoms with van der Waals surface area (Å²) in [6, 6.07) is 11.9. The first-order valence-corrected chi connectivity index (χ1v) is 8.23. The number of benzene rings is 1. The molecular formula is C18H22N6O. The van der Waals surface area contributed by atoms with Gasteiger partial charge in [0.05, 0.1) is 24.5 Å². The lowest BCUT2D eigenvalue weighted by atomic mass is 10.2. The zero-order valence-electron chi connectivity index (χ0n) is 14.4. The Morgan fingerprint density at radius 2 is 2.12 bits per heavy atom. The summed E-state index contributed by atoms with van der Waals surface area (Å²) in [4.78, 5) is 22.5. The van der Waals surface area contributed by atoms with Crippen LogP contribution in [0.25, 0.3) is 0 Å². The molecule has 7 heteroatoms. The SMILES string of the molecule is CCC(=O)Nc1cc2c(c(N)n1)N=C(CN(C)c1ccccc1)CN2. The van der Waals surface area contributed by atoms with Gasteiger partial charge in [-0.1, -0.05) is 25.1 Å². The number of nitrogen functional groups attached to an aromatic ring is 1. The van der Waals surface area contributed by atoms with Gasteiger partial charge in [0, 0.05) is 25.2 Å². The summed E-state index contributed by atoms with van der Waals surface area (Å²) in [5.41, 5.74) is 9.54. The molecule has 2 aromatic rings. The van der Waals surface area contributed by atoms with Crippen molar-refractivity contribution in [2.75, 3.05) is 41.4 Å². The molecule has 130 valence electrons. The molecule has 0 unspecified atom stereocenters. The number of carbonyl (C=O) groups is 1. The van der Waals surface area contributed by atoms with Gasteiger partial charge >= 0.3 is 0 Å². The average molecular weight is 338 g/mol. The van der Waals surface area contributed by atoms with E-state index >= 15 is 0 Å². The number of aliphatic imine (C=N–C) groups is 1. The molecule has 2 heterocycles. The monoisotopic (exact) mass is 338 g/mol. The van der Waals surface area contributed by atoms with E-state index in [0.717, 1.165) is 17.1 Å². The molecule has 1 amide bonds. The van der Waals surface area contributed by atoms with Crippen molar-refractivity contribution in [1.29, 1.82) is 0 Å². The maximum atomic E-state index is 11.5. The number of nitrogens with one attached hydrogen (secondary N) is 2. The van der Waals surface area contributed by atoms with Crippen LogP contribution in [-0.2, 0) is 4.79 Å². The number of aromatic nitrogens is 1. The zero-order valence-corrected chi connectivity index (χ0v) is 14.4. The number of nitrogens with zero attached hydrogens (tertiary/aromatic N) is 3. The molecular weight excluding hydrogens is 316 g/mol. The molecule has 1 aromatic heterocycles. The zero-order chi connectivity index (χ0) is 17.8. The highest BCUT2D eigenvalue weighted by Crippen LogP contribution is 2.35. The van der Waals surface area contributed by atoms with Crippen molar-refractivity contribution in [3.63, 3.8) is 0 Å². The lowest BCUT2D eigenvalue weighted by Gasteiger charge is -2.24. The van der Waals surface area contributed by atoms with Crippen LogP contribution in [0, 0.1) is 0 Å². The van der Waals surface area contributed by atoms with Crippen molar-refractivity contribution in [2.45, 2.75) is 13.3 Å². The molecule has 25 heavy (non-hydrogen) atoms. The van der Waals surface area contributed by atoms with Crippen molar-refractivity contribution >= 4 is 40.3 Å². The van der Waals surface area contributed by atoms with Gasteiger partial charge in [-0.25, -0.2) is 9.98 Å². The van der Waals surface area contributed by atoms with Gasteiger partial charge in [-0.05, 0) is 12.1 Å². The molecule has 0 saturated carbocycles. The van der Waals surface area contributed by atoms with Crippen LogP contribution in [0.4, 0.5) is 28.7 Å². The van der Waals surface area contributed by atoms with E-state index in [4.69, 9.17) is 5.73 Å². The minimum Gasteiger partial charge on any atom is -0.382 e. The topological polar surface area (TPSA) is 95.6 Å². The maximum absolute atomic E-state index is 11.5. The fraction of sp³-hybridized carbons (Fsp3) is 0.278. The van der Waals surface area contributed by atoms with Crippen LogP contribution in [0.2, 0.25) is 0 Å². The van der Waals surface area contributed by atoms with Gasteiger partial charge in [0.15, 0.2) is 5.82 Å². The molecule has 0 bridgehead atoms. The number of fused-ring (bicyclic) bond motifs is 1. The molecule has 7 nitrogen and oxygen atoms in total. The van der Waals surface area contributed by atoms with Crippen LogP contribution in [0.1, 0.15) is 13.3 Å². The second kappa shape index (κ2) is 7.21. The molecule has 0 spiro atoms. The lowest BCUT2D eigenvalue weighted by molar-refractivity contribution is -0.115. The number of carbonyl (C=O) groups excluding carboxylic acids is 1. The number of nitrogens with two attached hydrogens (primary N) is 1. The van der Waals surface area contributed by atoms with Crippen molar-refractivity contribution < 1.29 is 4.79 Å². The van der Waals surface area contributed by atoms with E-state index in [1.165, 1.54) is 0 Å². The van der Waals surface area contributed by atoms with Crippen LogP contribution in [0.5, 0.6) is 0 Å². The van der Waals surface area contributed by atoms with Gasteiger partial charge < -0.3 is 21.3 Å². The van der Waals surface area contributed by atoms with Crippen LogP contribution in [0.3, 0.4) is 0 Å². The third-order valence-electron chi connectivity index (χ3n) is 3.98. The first kappa shape index (κ1) is 16.8. The fourth-order valence-corrected chi connectivity index (χ4v) is 2.64. The molecule has 1 aromatic carbocycles. The Bertz CT molecular complexity index is 803.